The number of carboxylic acid groups (broad SMARTS) is 1. The molecule has 9 nitrogen and oxygen atoms in total. The number of aryl methyl sites for hydroxylation is 1. The van der Waals surface area contributed by atoms with Gasteiger partial charge in [-0.2, -0.15) is 5.26 Å². The molecule has 2 N–H and O–H groups in total. The molecule has 32 heavy (non-hydrogen) atoms. The second-order valence-corrected chi connectivity index (χ2v) is 7.90. The van der Waals surface area contributed by atoms with Crippen molar-refractivity contribution >= 4 is 34.3 Å². The van der Waals surface area contributed by atoms with Crippen molar-refractivity contribution in [1.82, 2.24) is 15.0 Å². The minimum Gasteiger partial charge on any atom is -0.476 e. The summed E-state index contributed by atoms with van der Waals surface area (Å²) in [6, 6.07) is 8.57. The second kappa shape index (κ2) is 8.94. The van der Waals surface area contributed by atoms with E-state index in [0.717, 1.165) is 11.1 Å². The minimum absolute atomic E-state index is 0.0918. The third kappa shape index (κ3) is 4.42. The van der Waals surface area contributed by atoms with Crippen molar-refractivity contribution in [3.63, 3.8) is 0 Å². The molecule has 0 aliphatic carbocycles. The number of halogens is 1. The molecule has 2 aromatic heterocycles. The lowest BCUT2D eigenvalue weighted by Gasteiger charge is -2.20. The Hall–Kier alpha value is -3.48. The molecule has 2 atom stereocenters. The van der Waals surface area contributed by atoms with Crippen LogP contribution < -0.4 is 10.1 Å². The third-order valence-electron chi connectivity index (χ3n) is 5.09. The Morgan fingerprint density at radius 1 is 1.38 bits per heavy atom. The van der Waals surface area contributed by atoms with Gasteiger partial charge in [-0.05, 0) is 37.6 Å². The van der Waals surface area contributed by atoms with Gasteiger partial charge in [-0.15, -0.1) is 0 Å². The molecule has 10 heteroatoms. The van der Waals surface area contributed by atoms with Gasteiger partial charge in [0.15, 0.2) is 5.69 Å². The zero-order valence-electron chi connectivity index (χ0n) is 17.4. The summed E-state index contributed by atoms with van der Waals surface area (Å²) in [5.41, 5.74) is 3.06. The van der Waals surface area contributed by atoms with Crippen molar-refractivity contribution in [2.24, 2.45) is 0 Å². The first-order valence-electron chi connectivity index (χ1n) is 9.99. The Morgan fingerprint density at radius 2 is 2.19 bits per heavy atom. The smallest absolute Gasteiger partial charge is 0.356 e. The predicted octanol–water partition coefficient (Wildman–Crippen LogP) is 3.90. The molecule has 0 spiro atoms. The molecule has 3 heterocycles. The van der Waals surface area contributed by atoms with E-state index in [-0.39, 0.29) is 34.6 Å². The van der Waals surface area contributed by atoms with Gasteiger partial charge in [0.1, 0.15) is 17.3 Å². The fraction of sp³-hybridized carbons (Fsp3) is 0.318. The van der Waals surface area contributed by atoms with Gasteiger partial charge in [-0.1, -0.05) is 17.7 Å². The summed E-state index contributed by atoms with van der Waals surface area (Å²) in [6.07, 6.45) is 0.529. The molecule has 1 unspecified atom stereocenters. The van der Waals surface area contributed by atoms with Crippen molar-refractivity contribution < 1.29 is 19.4 Å². The monoisotopic (exact) mass is 453 g/mol. The fourth-order valence-electron chi connectivity index (χ4n) is 3.59. The maximum absolute atomic E-state index is 11.6. The van der Waals surface area contributed by atoms with Crippen LogP contribution in [0.4, 0.5) is 5.69 Å². The number of nitrogens with one attached hydrogen (secondary N) is 1. The van der Waals surface area contributed by atoms with Gasteiger partial charge < -0.3 is 19.9 Å². The van der Waals surface area contributed by atoms with Crippen LogP contribution in [0.5, 0.6) is 5.88 Å². The van der Waals surface area contributed by atoms with Crippen LogP contribution in [0.25, 0.3) is 11.0 Å². The Bertz CT molecular complexity index is 1240. The zero-order chi connectivity index (χ0) is 22.8. The second-order valence-electron chi connectivity index (χ2n) is 7.52. The predicted molar refractivity (Wildman–Crippen MR) is 117 cm³/mol. The number of carboxylic acids is 1. The number of anilines is 1. The standard InChI is InChI=1S/C22H20ClN5O4/c1-11-7-14(12(2)25-15-3-4-18(23)27-20(15)22(29)30)19-16(8-11)26-17(9-24)21(28-19)32-13-5-6-31-10-13/h3-4,7-8,12-13,25H,5-6,10H2,1-2H3,(H,29,30)/t12-,13?/m1/s1. The lowest BCUT2D eigenvalue weighted by atomic mass is 10.0. The van der Waals surface area contributed by atoms with E-state index in [9.17, 15) is 15.2 Å². The van der Waals surface area contributed by atoms with Crippen molar-refractivity contribution in [2.45, 2.75) is 32.4 Å². The highest BCUT2D eigenvalue weighted by Crippen LogP contribution is 2.30. The molecule has 0 radical (unpaired) electrons. The third-order valence-corrected chi connectivity index (χ3v) is 5.30. The van der Waals surface area contributed by atoms with Crippen molar-refractivity contribution in [1.29, 1.82) is 5.26 Å². The number of hydrogen-bond donors (Lipinski definition) is 2. The minimum atomic E-state index is -1.19. The molecular weight excluding hydrogens is 434 g/mol. The van der Waals surface area contributed by atoms with Crippen LogP contribution >= 0.6 is 11.6 Å². The van der Waals surface area contributed by atoms with E-state index in [0.29, 0.717) is 36.4 Å². The molecule has 0 amide bonds. The SMILES string of the molecule is Cc1cc([C@@H](C)Nc2ccc(Cl)nc2C(=O)O)c2nc(OC3CCOC3)c(C#N)nc2c1. The number of nitriles is 1. The summed E-state index contributed by atoms with van der Waals surface area (Å²) in [7, 11) is 0. The van der Waals surface area contributed by atoms with E-state index in [1.807, 2.05) is 26.0 Å². The van der Waals surface area contributed by atoms with Crippen LogP contribution in [0.3, 0.4) is 0 Å². The molecule has 164 valence electrons. The number of fused-ring (bicyclic) bond motifs is 1. The summed E-state index contributed by atoms with van der Waals surface area (Å²) in [6.45, 7) is 4.82. The quantitative estimate of drug-likeness (QED) is 0.533. The number of hydrogen-bond acceptors (Lipinski definition) is 8. The number of carbonyl (C=O) groups is 1. The molecular formula is C22H20ClN5O4. The van der Waals surface area contributed by atoms with Crippen LogP contribution in [0.2, 0.25) is 5.15 Å². The number of rotatable bonds is 6. The molecule has 4 rings (SSSR count). The van der Waals surface area contributed by atoms with E-state index in [2.05, 4.69) is 26.3 Å². The summed E-state index contributed by atoms with van der Waals surface area (Å²) in [4.78, 5) is 24.6. The first-order chi connectivity index (χ1) is 15.4. The lowest BCUT2D eigenvalue weighted by Crippen LogP contribution is -2.18. The van der Waals surface area contributed by atoms with Gasteiger partial charge in [0.05, 0.1) is 36.0 Å². The number of benzene rings is 1. The van der Waals surface area contributed by atoms with Crippen LogP contribution in [-0.4, -0.2) is 45.3 Å². The Labute approximate surface area is 189 Å². The highest BCUT2D eigenvalue weighted by atomic mass is 35.5. The van der Waals surface area contributed by atoms with E-state index in [1.165, 1.54) is 6.07 Å². The molecule has 3 aromatic rings. The van der Waals surface area contributed by atoms with Crippen molar-refractivity contribution in [3.8, 4) is 11.9 Å². The van der Waals surface area contributed by atoms with E-state index >= 15 is 0 Å². The highest BCUT2D eigenvalue weighted by molar-refractivity contribution is 6.29. The van der Waals surface area contributed by atoms with Gasteiger partial charge in [0, 0.05) is 12.0 Å². The summed E-state index contributed by atoms with van der Waals surface area (Å²) in [5, 5.41) is 22.3. The van der Waals surface area contributed by atoms with Crippen molar-refractivity contribution in [2.75, 3.05) is 18.5 Å². The largest absolute Gasteiger partial charge is 0.476 e. The zero-order valence-corrected chi connectivity index (χ0v) is 18.2. The van der Waals surface area contributed by atoms with Gasteiger partial charge >= 0.3 is 5.97 Å². The number of pyridine rings is 1. The van der Waals surface area contributed by atoms with E-state index in [1.54, 1.807) is 6.07 Å². The summed E-state index contributed by atoms with van der Waals surface area (Å²) < 4.78 is 11.3. The number of aromatic nitrogens is 3. The topological polar surface area (TPSA) is 130 Å². The molecule has 1 saturated heterocycles. The lowest BCUT2D eigenvalue weighted by molar-refractivity contribution is 0.0691. The Morgan fingerprint density at radius 3 is 2.88 bits per heavy atom. The molecule has 1 fully saturated rings. The highest BCUT2D eigenvalue weighted by Gasteiger charge is 2.23. The first kappa shape index (κ1) is 21.7. The average Bonchev–Trinajstić information content (AvgIpc) is 3.27. The van der Waals surface area contributed by atoms with Gasteiger partial charge in [0.25, 0.3) is 5.88 Å². The van der Waals surface area contributed by atoms with Crippen molar-refractivity contribution in [3.05, 3.63) is 51.9 Å². The van der Waals surface area contributed by atoms with Crippen LogP contribution in [0.15, 0.2) is 24.3 Å². The van der Waals surface area contributed by atoms with Crippen LogP contribution in [0.1, 0.15) is 46.7 Å². The first-order valence-corrected chi connectivity index (χ1v) is 10.4. The molecule has 0 bridgehead atoms. The van der Waals surface area contributed by atoms with Gasteiger partial charge in [0.2, 0.25) is 5.69 Å². The van der Waals surface area contributed by atoms with E-state index in [4.69, 9.17) is 21.1 Å². The maximum Gasteiger partial charge on any atom is 0.356 e. The molecule has 0 saturated carbocycles. The molecule has 1 aliphatic heterocycles. The van der Waals surface area contributed by atoms with Crippen LogP contribution in [-0.2, 0) is 4.74 Å². The summed E-state index contributed by atoms with van der Waals surface area (Å²) >= 11 is 5.86. The maximum atomic E-state index is 11.6. The van der Waals surface area contributed by atoms with Crippen LogP contribution in [0, 0.1) is 18.3 Å². The van der Waals surface area contributed by atoms with E-state index < -0.39 is 5.97 Å². The van der Waals surface area contributed by atoms with Gasteiger partial charge in [-0.25, -0.2) is 19.7 Å². The number of ether oxygens (including phenoxy) is 2. The Balaban J connectivity index is 1.76. The molecule has 1 aromatic carbocycles. The van der Waals surface area contributed by atoms with Gasteiger partial charge in [-0.3, -0.25) is 0 Å². The number of aromatic carboxylic acids is 1. The Kier molecular flexibility index (Phi) is 6.08. The summed E-state index contributed by atoms with van der Waals surface area (Å²) in [5.74, 6) is -1.03. The average molecular weight is 454 g/mol. The number of nitrogens with zero attached hydrogens (tertiary/aromatic N) is 4. The normalized spacial score (nSPS) is 16.5. The molecule has 1 aliphatic rings. The fourth-order valence-corrected chi connectivity index (χ4v) is 3.74.